The molecule has 108 valence electrons. The Labute approximate surface area is 132 Å². The Hall–Kier alpha value is -1.55. The van der Waals surface area contributed by atoms with Crippen LogP contribution in [-0.2, 0) is 5.72 Å². The number of anilines is 1. The van der Waals surface area contributed by atoms with Crippen molar-refractivity contribution >= 4 is 34.7 Å². The van der Waals surface area contributed by atoms with Gasteiger partial charge in [-0.15, -0.1) is 0 Å². The van der Waals surface area contributed by atoms with E-state index in [-0.39, 0.29) is 0 Å². The van der Waals surface area contributed by atoms with Crippen LogP contribution in [0.1, 0.15) is 21.5 Å². The summed E-state index contributed by atoms with van der Waals surface area (Å²) < 4.78 is -2.02. The van der Waals surface area contributed by atoms with Gasteiger partial charge in [0.1, 0.15) is 0 Å². The van der Waals surface area contributed by atoms with Crippen molar-refractivity contribution in [2.24, 2.45) is 0 Å². The zero-order chi connectivity index (χ0) is 15.3. The van der Waals surface area contributed by atoms with Gasteiger partial charge in [0, 0.05) is 16.8 Å². The van der Waals surface area contributed by atoms with Gasteiger partial charge in [-0.3, -0.25) is 4.79 Å². The van der Waals surface area contributed by atoms with Crippen molar-refractivity contribution in [1.29, 1.82) is 0 Å². The first kappa shape index (κ1) is 14.4. The molecule has 2 aromatic carbocycles. The Morgan fingerprint density at radius 2 is 1.76 bits per heavy atom. The van der Waals surface area contributed by atoms with E-state index < -0.39 is 15.8 Å². The lowest BCUT2D eigenvalue weighted by Crippen LogP contribution is -2.57. The second-order valence-corrected chi connectivity index (χ2v) is 6.48. The largest absolute Gasteiger partial charge is 0.364 e. The first-order valence-corrected chi connectivity index (χ1v) is 7.21. The van der Waals surface area contributed by atoms with Crippen molar-refractivity contribution in [3.05, 3.63) is 65.2 Å². The number of carbonyl (C=O) groups excluding carboxylic acids is 1. The predicted octanol–water partition coefficient (Wildman–Crippen LogP) is 3.62. The van der Waals surface area contributed by atoms with E-state index in [1.165, 1.54) is 0 Å². The number of alkyl halides is 2. The highest BCUT2D eigenvalue weighted by Crippen LogP contribution is 2.48. The molecule has 5 heteroatoms. The summed E-state index contributed by atoms with van der Waals surface area (Å²) in [4.78, 5) is 12.6. The third kappa shape index (κ3) is 2.04. The van der Waals surface area contributed by atoms with Crippen LogP contribution in [0.4, 0.5) is 5.69 Å². The molecule has 0 bridgehead atoms. The van der Waals surface area contributed by atoms with Gasteiger partial charge in [-0.25, -0.2) is 0 Å². The van der Waals surface area contributed by atoms with Crippen LogP contribution in [0.15, 0.2) is 48.5 Å². The Morgan fingerprint density at radius 1 is 1.10 bits per heavy atom. The molecule has 2 aromatic rings. The number of carbonyl (C=O) groups is 1. The SMILES string of the molecule is Cc1ccc2c(c1)C(=O)C(Cl)(Cl)C(O)(c1ccccc1)N2. The molecular weight excluding hydrogens is 309 g/mol. The van der Waals surface area contributed by atoms with Crippen molar-refractivity contribution in [2.75, 3.05) is 5.32 Å². The minimum absolute atomic E-state index is 0.376. The highest BCUT2D eigenvalue weighted by molar-refractivity contribution is 6.61. The van der Waals surface area contributed by atoms with Crippen LogP contribution < -0.4 is 5.32 Å². The van der Waals surface area contributed by atoms with Gasteiger partial charge in [0.2, 0.25) is 15.8 Å². The molecule has 1 aliphatic heterocycles. The maximum absolute atomic E-state index is 12.6. The molecule has 2 N–H and O–H groups in total. The maximum Gasteiger partial charge on any atom is 0.231 e. The van der Waals surface area contributed by atoms with E-state index in [0.717, 1.165) is 5.56 Å². The number of rotatable bonds is 1. The van der Waals surface area contributed by atoms with Gasteiger partial charge in [-0.1, -0.05) is 65.2 Å². The minimum atomic E-state index is -2.02. The average Bonchev–Trinajstić information content (AvgIpc) is 2.47. The summed E-state index contributed by atoms with van der Waals surface area (Å²) in [5.41, 5.74) is 0.332. The Bertz CT molecular complexity index is 715. The van der Waals surface area contributed by atoms with Crippen LogP contribution in [0, 0.1) is 6.92 Å². The fourth-order valence-electron chi connectivity index (χ4n) is 2.49. The number of hydrogen-bond donors (Lipinski definition) is 2. The lowest BCUT2D eigenvalue weighted by Gasteiger charge is -2.43. The maximum atomic E-state index is 12.6. The van der Waals surface area contributed by atoms with E-state index in [0.29, 0.717) is 16.8 Å². The highest BCUT2D eigenvalue weighted by Gasteiger charge is 2.58. The van der Waals surface area contributed by atoms with Gasteiger partial charge >= 0.3 is 0 Å². The molecule has 0 saturated carbocycles. The fraction of sp³-hybridized carbons (Fsp3) is 0.188. The van der Waals surface area contributed by atoms with Crippen LogP contribution >= 0.6 is 23.2 Å². The molecule has 0 saturated heterocycles. The van der Waals surface area contributed by atoms with Crippen molar-refractivity contribution in [2.45, 2.75) is 17.0 Å². The van der Waals surface area contributed by atoms with Gasteiger partial charge in [0.05, 0.1) is 0 Å². The van der Waals surface area contributed by atoms with Gasteiger partial charge < -0.3 is 10.4 Å². The summed E-state index contributed by atoms with van der Waals surface area (Å²) in [7, 11) is 0. The smallest absolute Gasteiger partial charge is 0.231 e. The lowest BCUT2D eigenvalue weighted by molar-refractivity contribution is 0.0396. The molecule has 0 fully saturated rings. The number of nitrogens with one attached hydrogen (secondary N) is 1. The topological polar surface area (TPSA) is 49.3 Å². The molecular formula is C16H13Cl2NO2. The fourth-order valence-corrected chi connectivity index (χ4v) is 3.01. The van der Waals surface area contributed by atoms with E-state index in [9.17, 15) is 9.90 Å². The number of halogens is 2. The standard InChI is InChI=1S/C16H13Cl2NO2/c1-10-7-8-13-12(9-10)14(20)15(17,18)16(21,19-13)11-5-3-2-4-6-11/h2-9,19,21H,1H3. The van der Waals surface area contributed by atoms with Gasteiger partial charge in [-0.05, 0) is 19.1 Å². The molecule has 0 amide bonds. The summed E-state index contributed by atoms with van der Waals surface area (Å²) in [5.74, 6) is -0.519. The summed E-state index contributed by atoms with van der Waals surface area (Å²) in [6.07, 6.45) is 0. The predicted molar refractivity (Wildman–Crippen MR) is 83.9 cm³/mol. The van der Waals surface area contributed by atoms with Crippen LogP contribution in [0.5, 0.6) is 0 Å². The van der Waals surface area contributed by atoms with Crippen molar-refractivity contribution in [3.8, 4) is 0 Å². The van der Waals surface area contributed by atoms with E-state index in [1.807, 2.05) is 13.0 Å². The second kappa shape index (κ2) is 4.73. The molecule has 0 radical (unpaired) electrons. The molecule has 0 spiro atoms. The van der Waals surface area contributed by atoms with Gasteiger partial charge in [-0.2, -0.15) is 0 Å². The van der Waals surface area contributed by atoms with Crippen LogP contribution in [0.3, 0.4) is 0 Å². The van der Waals surface area contributed by atoms with E-state index in [1.54, 1.807) is 42.5 Å². The molecule has 21 heavy (non-hydrogen) atoms. The number of aryl methyl sites for hydroxylation is 1. The third-order valence-electron chi connectivity index (χ3n) is 3.67. The number of benzene rings is 2. The lowest BCUT2D eigenvalue weighted by atomic mass is 9.87. The second-order valence-electron chi connectivity index (χ2n) is 5.15. The molecule has 1 heterocycles. The monoisotopic (exact) mass is 321 g/mol. The quantitative estimate of drug-likeness (QED) is 0.789. The number of aliphatic hydroxyl groups is 1. The summed E-state index contributed by atoms with van der Waals surface area (Å²) >= 11 is 12.5. The molecule has 3 rings (SSSR count). The first-order chi connectivity index (χ1) is 9.86. The van der Waals surface area contributed by atoms with Crippen molar-refractivity contribution in [1.82, 2.24) is 0 Å². The number of fused-ring (bicyclic) bond motifs is 1. The normalized spacial score (nSPS) is 23.3. The third-order valence-corrected chi connectivity index (χ3v) is 4.56. The zero-order valence-electron chi connectivity index (χ0n) is 11.2. The Kier molecular flexibility index (Phi) is 3.24. The first-order valence-electron chi connectivity index (χ1n) is 6.45. The zero-order valence-corrected chi connectivity index (χ0v) is 12.7. The van der Waals surface area contributed by atoms with Gasteiger partial charge in [0.15, 0.2) is 0 Å². The van der Waals surface area contributed by atoms with E-state index in [4.69, 9.17) is 23.2 Å². The summed E-state index contributed by atoms with van der Waals surface area (Å²) in [6.45, 7) is 1.87. The highest BCUT2D eigenvalue weighted by atomic mass is 35.5. The Morgan fingerprint density at radius 3 is 2.43 bits per heavy atom. The summed E-state index contributed by atoms with van der Waals surface area (Å²) in [5, 5.41) is 13.9. The van der Waals surface area contributed by atoms with Crippen molar-refractivity contribution in [3.63, 3.8) is 0 Å². The summed E-state index contributed by atoms with van der Waals surface area (Å²) in [6, 6.07) is 13.9. The van der Waals surface area contributed by atoms with Crippen LogP contribution in [0.25, 0.3) is 0 Å². The Balaban J connectivity index is 2.21. The van der Waals surface area contributed by atoms with Crippen LogP contribution in [-0.4, -0.2) is 15.2 Å². The number of Topliss-reactive ketones (excluding diaryl/α,β-unsaturated/α-hetero) is 1. The number of ketones is 1. The van der Waals surface area contributed by atoms with Crippen molar-refractivity contribution < 1.29 is 9.90 Å². The molecule has 0 aromatic heterocycles. The number of hydrogen-bond acceptors (Lipinski definition) is 3. The molecule has 1 atom stereocenters. The minimum Gasteiger partial charge on any atom is -0.364 e. The van der Waals surface area contributed by atoms with E-state index in [2.05, 4.69) is 5.32 Å². The average molecular weight is 322 g/mol. The molecule has 3 nitrogen and oxygen atoms in total. The molecule has 1 aliphatic rings. The molecule has 0 aliphatic carbocycles. The van der Waals surface area contributed by atoms with E-state index >= 15 is 0 Å². The van der Waals surface area contributed by atoms with Crippen LogP contribution in [0.2, 0.25) is 0 Å². The van der Waals surface area contributed by atoms with Gasteiger partial charge in [0.25, 0.3) is 0 Å². The molecule has 1 unspecified atom stereocenters.